The second-order valence-electron chi connectivity index (χ2n) is 4.79. The summed E-state index contributed by atoms with van der Waals surface area (Å²) in [4.78, 5) is 1.99. The van der Waals surface area contributed by atoms with Gasteiger partial charge in [0.25, 0.3) is 0 Å². The first-order valence-electron chi connectivity index (χ1n) is 6.55. The van der Waals surface area contributed by atoms with Crippen LogP contribution in [0.5, 0.6) is 0 Å². The van der Waals surface area contributed by atoms with Gasteiger partial charge in [-0.05, 0) is 30.5 Å². The van der Waals surface area contributed by atoms with E-state index in [1.807, 2.05) is 23.1 Å². The van der Waals surface area contributed by atoms with Crippen LogP contribution in [-0.4, -0.2) is 11.7 Å². The molecular weight excluding hydrogens is 241 g/mol. The number of fused-ring (bicyclic) bond motifs is 1. The zero-order valence-electron chi connectivity index (χ0n) is 10.6. The second kappa shape index (κ2) is 5.02. The third kappa shape index (κ3) is 2.10. The van der Waals surface area contributed by atoms with E-state index in [0.717, 1.165) is 25.1 Å². The fourth-order valence-corrected chi connectivity index (χ4v) is 2.76. The molecule has 1 aliphatic rings. The monoisotopic (exact) mass is 257 g/mol. The quantitative estimate of drug-likeness (QED) is 0.891. The van der Waals surface area contributed by atoms with Crippen LogP contribution in [0.1, 0.15) is 17.5 Å². The number of para-hydroxylation sites is 2. The molecule has 2 aromatic carbocycles. The third-order valence-electron chi connectivity index (χ3n) is 3.62. The Balaban J connectivity index is 2.14. The van der Waals surface area contributed by atoms with Crippen LogP contribution in [0, 0.1) is 5.82 Å². The van der Waals surface area contributed by atoms with Crippen molar-refractivity contribution >= 4 is 11.4 Å². The summed E-state index contributed by atoms with van der Waals surface area (Å²) < 4.78 is 14.2. The lowest BCUT2D eigenvalue weighted by Crippen LogP contribution is -2.26. The third-order valence-corrected chi connectivity index (χ3v) is 3.62. The van der Waals surface area contributed by atoms with E-state index < -0.39 is 0 Å². The Kier molecular flexibility index (Phi) is 3.22. The van der Waals surface area contributed by atoms with E-state index in [2.05, 4.69) is 6.07 Å². The van der Waals surface area contributed by atoms with Gasteiger partial charge in [-0.25, -0.2) is 4.39 Å². The highest BCUT2D eigenvalue weighted by atomic mass is 19.1. The molecule has 0 aromatic heterocycles. The van der Waals surface area contributed by atoms with Gasteiger partial charge in [0.15, 0.2) is 0 Å². The van der Waals surface area contributed by atoms with Crippen LogP contribution in [-0.2, 0) is 13.0 Å². The molecule has 0 spiro atoms. The van der Waals surface area contributed by atoms with Crippen LogP contribution in [0.15, 0.2) is 42.5 Å². The molecule has 3 rings (SSSR count). The molecule has 0 unspecified atom stereocenters. The molecule has 98 valence electrons. The van der Waals surface area contributed by atoms with Crippen LogP contribution in [0.4, 0.5) is 15.8 Å². The Bertz CT molecular complexity index is 597. The van der Waals surface area contributed by atoms with Crippen LogP contribution in [0.25, 0.3) is 0 Å². The minimum absolute atomic E-state index is 0.147. The van der Waals surface area contributed by atoms with E-state index in [0.29, 0.717) is 11.3 Å². The lowest BCUT2D eigenvalue weighted by Gasteiger charge is -2.32. The molecule has 0 aliphatic carbocycles. The SMILES string of the molecule is OCc1cccc(F)c1N1CCCc2ccccc21. The number of nitrogens with zero attached hydrogens (tertiary/aromatic N) is 1. The van der Waals surface area contributed by atoms with Gasteiger partial charge in [-0.1, -0.05) is 30.3 Å². The number of halogens is 1. The first-order valence-corrected chi connectivity index (χ1v) is 6.55. The Morgan fingerprint density at radius 2 is 1.95 bits per heavy atom. The van der Waals surface area contributed by atoms with Crippen molar-refractivity contribution in [2.75, 3.05) is 11.4 Å². The van der Waals surface area contributed by atoms with Gasteiger partial charge in [0.1, 0.15) is 5.82 Å². The summed E-state index contributed by atoms with van der Waals surface area (Å²) in [6.07, 6.45) is 2.02. The summed E-state index contributed by atoms with van der Waals surface area (Å²) in [5.41, 5.74) is 3.43. The van der Waals surface area contributed by atoms with Gasteiger partial charge < -0.3 is 10.0 Å². The summed E-state index contributed by atoms with van der Waals surface area (Å²) in [5, 5.41) is 9.43. The van der Waals surface area contributed by atoms with Gasteiger partial charge >= 0.3 is 0 Å². The predicted octanol–water partition coefficient (Wildman–Crippen LogP) is 3.40. The fraction of sp³-hybridized carbons (Fsp3) is 0.250. The van der Waals surface area contributed by atoms with Crippen molar-refractivity contribution in [1.29, 1.82) is 0 Å². The molecule has 1 N–H and O–H groups in total. The number of aryl methyl sites for hydroxylation is 1. The Morgan fingerprint density at radius 3 is 2.79 bits per heavy atom. The summed E-state index contributed by atoms with van der Waals surface area (Å²) in [5.74, 6) is -0.275. The highest BCUT2D eigenvalue weighted by molar-refractivity contribution is 5.70. The van der Waals surface area contributed by atoms with Crippen molar-refractivity contribution < 1.29 is 9.50 Å². The smallest absolute Gasteiger partial charge is 0.147 e. The van der Waals surface area contributed by atoms with Crippen LogP contribution in [0.3, 0.4) is 0 Å². The highest BCUT2D eigenvalue weighted by Gasteiger charge is 2.22. The molecule has 1 heterocycles. The molecule has 0 saturated carbocycles. The number of aliphatic hydroxyl groups excluding tert-OH is 1. The molecule has 0 bridgehead atoms. The molecular formula is C16H16FNO. The maximum atomic E-state index is 14.2. The maximum absolute atomic E-state index is 14.2. The summed E-state index contributed by atoms with van der Waals surface area (Å²) in [7, 11) is 0. The standard InChI is InChI=1S/C16H16FNO/c17-14-8-3-6-13(11-19)16(14)18-10-4-7-12-5-1-2-9-15(12)18/h1-3,5-6,8-9,19H,4,7,10-11H2. The van der Waals surface area contributed by atoms with Crippen LogP contribution < -0.4 is 4.90 Å². The molecule has 19 heavy (non-hydrogen) atoms. The zero-order chi connectivity index (χ0) is 13.2. The van der Waals surface area contributed by atoms with Gasteiger partial charge in [-0.3, -0.25) is 0 Å². The zero-order valence-corrected chi connectivity index (χ0v) is 10.6. The number of hydrogen-bond acceptors (Lipinski definition) is 2. The van der Waals surface area contributed by atoms with Gasteiger partial charge in [0.05, 0.1) is 12.3 Å². The molecule has 0 atom stereocenters. The topological polar surface area (TPSA) is 23.5 Å². The number of hydrogen-bond donors (Lipinski definition) is 1. The summed E-state index contributed by atoms with van der Waals surface area (Å²) >= 11 is 0. The number of anilines is 2. The minimum atomic E-state index is -0.275. The van der Waals surface area contributed by atoms with E-state index in [1.54, 1.807) is 12.1 Å². The average Bonchev–Trinajstić information content (AvgIpc) is 2.46. The van der Waals surface area contributed by atoms with Gasteiger partial charge in [0, 0.05) is 17.8 Å². The normalized spacial score (nSPS) is 14.3. The lowest BCUT2D eigenvalue weighted by atomic mass is 10.00. The van der Waals surface area contributed by atoms with E-state index in [4.69, 9.17) is 0 Å². The highest BCUT2D eigenvalue weighted by Crippen LogP contribution is 2.36. The Hall–Kier alpha value is -1.87. The largest absolute Gasteiger partial charge is 0.392 e. The van der Waals surface area contributed by atoms with Gasteiger partial charge in [-0.15, -0.1) is 0 Å². The minimum Gasteiger partial charge on any atom is -0.392 e. The molecule has 0 fully saturated rings. The lowest BCUT2D eigenvalue weighted by molar-refractivity contribution is 0.281. The van der Waals surface area contributed by atoms with Crippen molar-refractivity contribution in [3.8, 4) is 0 Å². The molecule has 0 amide bonds. The Labute approximate surface area is 112 Å². The van der Waals surface area contributed by atoms with Crippen LogP contribution in [0.2, 0.25) is 0 Å². The molecule has 3 heteroatoms. The van der Waals surface area contributed by atoms with E-state index in [1.165, 1.54) is 11.6 Å². The molecule has 1 aliphatic heterocycles. The van der Waals surface area contributed by atoms with Crippen molar-refractivity contribution in [2.45, 2.75) is 19.4 Å². The molecule has 0 saturated heterocycles. The van der Waals surface area contributed by atoms with Crippen molar-refractivity contribution in [2.24, 2.45) is 0 Å². The van der Waals surface area contributed by atoms with Gasteiger partial charge in [-0.2, -0.15) is 0 Å². The van der Waals surface area contributed by atoms with Crippen molar-refractivity contribution in [3.63, 3.8) is 0 Å². The van der Waals surface area contributed by atoms with Crippen LogP contribution >= 0.6 is 0 Å². The Morgan fingerprint density at radius 1 is 1.11 bits per heavy atom. The molecule has 2 aromatic rings. The van der Waals surface area contributed by atoms with E-state index in [-0.39, 0.29) is 12.4 Å². The average molecular weight is 257 g/mol. The first-order chi connectivity index (χ1) is 9.31. The van der Waals surface area contributed by atoms with E-state index in [9.17, 15) is 9.50 Å². The fourth-order valence-electron chi connectivity index (χ4n) is 2.76. The first kappa shape index (κ1) is 12.2. The maximum Gasteiger partial charge on any atom is 0.147 e. The summed E-state index contributed by atoms with van der Waals surface area (Å²) in [6.45, 7) is 0.636. The molecule has 0 radical (unpaired) electrons. The van der Waals surface area contributed by atoms with Gasteiger partial charge in [0.2, 0.25) is 0 Å². The van der Waals surface area contributed by atoms with Crippen molar-refractivity contribution in [3.05, 3.63) is 59.4 Å². The predicted molar refractivity (Wildman–Crippen MR) is 74.1 cm³/mol. The molecule has 2 nitrogen and oxygen atoms in total. The number of benzene rings is 2. The van der Waals surface area contributed by atoms with Crippen molar-refractivity contribution in [1.82, 2.24) is 0 Å². The second-order valence-corrected chi connectivity index (χ2v) is 4.79. The number of rotatable bonds is 2. The number of aliphatic hydroxyl groups is 1. The summed E-state index contributed by atoms with van der Waals surface area (Å²) in [6, 6.07) is 12.9. The van der Waals surface area contributed by atoms with E-state index >= 15 is 0 Å².